The number of hydrogen-bond acceptors (Lipinski definition) is 6. The number of halogens is 2. The van der Waals surface area contributed by atoms with Crippen LogP contribution in [0.25, 0.3) is 0 Å². The summed E-state index contributed by atoms with van der Waals surface area (Å²) < 4.78 is 56.6. The van der Waals surface area contributed by atoms with Crippen LogP contribution < -0.4 is 9.62 Å². The number of ether oxygens (including phenoxy) is 1. The van der Waals surface area contributed by atoms with Gasteiger partial charge in [0.25, 0.3) is 0 Å². The Balaban J connectivity index is 1.88. The first-order chi connectivity index (χ1) is 14.1. The van der Waals surface area contributed by atoms with Crippen molar-refractivity contribution in [1.29, 1.82) is 0 Å². The fraction of sp³-hybridized carbons (Fsp3) is 0.368. The van der Waals surface area contributed by atoms with Gasteiger partial charge in [-0.25, -0.2) is 22.0 Å². The standard InChI is InChI=1S/C19H20F2N2O5S2/c1-28-19(25)17-12-5-3-4-6-15(12)29-18(17)22-16(24)10-23(30(2,26)27)11-7-8-13(20)14(21)9-11/h7-9H,3-6,10H2,1-2H3,(H,22,24). The smallest absolute Gasteiger partial charge is 0.341 e. The molecule has 0 saturated carbocycles. The topological polar surface area (TPSA) is 92.8 Å². The summed E-state index contributed by atoms with van der Waals surface area (Å²) in [7, 11) is -2.73. The number of thiophene rings is 1. The van der Waals surface area contributed by atoms with Crippen LogP contribution in [-0.4, -0.2) is 40.2 Å². The monoisotopic (exact) mass is 458 g/mol. The summed E-state index contributed by atoms with van der Waals surface area (Å²) in [6.45, 7) is -0.674. The summed E-state index contributed by atoms with van der Waals surface area (Å²) in [5.41, 5.74) is 0.934. The number of nitrogens with one attached hydrogen (secondary N) is 1. The van der Waals surface area contributed by atoms with E-state index in [-0.39, 0.29) is 16.3 Å². The molecule has 1 aliphatic carbocycles. The average Bonchev–Trinajstić information content (AvgIpc) is 3.04. The van der Waals surface area contributed by atoms with Gasteiger partial charge in [0.1, 0.15) is 11.5 Å². The Bertz CT molecular complexity index is 1100. The Hall–Kier alpha value is -2.53. The highest BCUT2D eigenvalue weighted by Gasteiger charge is 2.28. The van der Waals surface area contributed by atoms with Gasteiger partial charge in [0.05, 0.1) is 24.6 Å². The first-order valence-electron chi connectivity index (χ1n) is 9.07. The van der Waals surface area contributed by atoms with Crippen LogP contribution in [0.2, 0.25) is 0 Å². The summed E-state index contributed by atoms with van der Waals surface area (Å²) >= 11 is 1.26. The second kappa shape index (κ2) is 8.68. The molecule has 1 aromatic heterocycles. The predicted molar refractivity (Wildman–Crippen MR) is 109 cm³/mol. The van der Waals surface area contributed by atoms with Crippen LogP contribution in [0.5, 0.6) is 0 Å². The van der Waals surface area contributed by atoms with E-state index in [0.29, 0.717) is 16.8 Å². The van der Waals surface area contributed by atoms with Crippen molar-refractivity contribution < 1.29 is 31.5 Å². The number of hydrogen-bond donors (Lipinski definition) is 1. The van der Waals surface area contributed by atoms with Crippen LogP contribution in [0.1, 0.15) is 33.6 Å². The first kappa shape index (κ1) is 22.2. The van der Waals surface area contributed by atoms with Gasteiger partial charge < -0.3 is 10.1 Å². The largest absolute Gasteiger partial charge is 0.465 e. The van der Waals surface area contributed by atoms with Crippen LogP contribution in [0.4, 0.5) is 19.5 Å². The summed E-state index contributed by atoms with van der Waals surface area (Å²) in [4.78, 5) is 25.9. The zero-order chi connectivity index (χ0) is 22.1. The van der Waals surface area contributed by atoms with E-state index in [9.17, 15) is 26.8 Å². The number of anilines is 2. The number of aryl methyl sites for hydroxylation is 1. The lowest BCUT2D eigenvalue weighted by Crippen LogP contribution is -2.37. The van der Waals surface area contributed by atoms with E-state index in [2.05, 4.69) is 5.32 Å². The molecule has 0 fully saturated rings. The molecule has 2 aromatic rings. The summed E-state index contributed by atoms with van der Waals surface area (Å²) in [5.74, 6) is -3.68. The molecule has 0 unspecified atom stereocenters. The van der Waals surface area contributed by atoms with Crippen molar-refractivity contribution in [3.8, 4) is 0 Å². The first-order valence-corrected chi connectivity index (χ1v) is 11.7. The number of sulfonamides is 1. The van der Waals surface area contributed by atoms with Crippen molar-refractivity contribution in [1.82, 2.24) is 0 Å². The molecule has 1 amide bonds. The van der Waals surface area contributed by atoms with Crippen molar-refractivity contribution in [3.05, 3.63) is 45.8 Å². The zero-order valence-corrected chi connectivity index (χ0v) is 18.0. The van der Waals surface area contributed by atoms with Gasteiger partial charge in [-0.1, -0.05) is 0 Å². The molecule has 0 bridgehead atoms. The Morgan fingerprint density at radius 1 is 1.20 bits per heavy atom. The Kier molecular flexibility index (Phi) is 6.41. The number of carbonyl (C=O) groups is 2. The third-order valence-corrected chi connectivity index (χ3v) is 7.04. The summed E-state index contributed by atoms with van der Waals surface area (Å²) in [6, 6.07) is 2.55. The third-order valence-electron chi connectivity index (χ3n) is 4.69. The number of amides is 1. The van der Waals surface area contributed by atoms with Gasteiger partial charge in [0.15, 0.2) is 11.6 Å². The van der Waals surface area contributed by atoms with Gasteiger partial charge in [-0.2, -0.15) is 0 Å². The van der Waals surface area contributed by atoms with Gasteiger partial charge in [-0.05, 0) is 43.4 Å². The van der Waals surface area contributed by atoms with Crippen LogP contribution in [0.15, 0.2) is 18.2 Å². The van der Waals surface area contributed by atoms with E-state index in [0.717, 1.165) is 48.1 Å². The zero-order valence-electron chi connectivity index (χ0n) is 16.3. The molecule has 30 heavy (non-hydrogen) atoms. The molecule has 0 aliphatic heterocycles. The molecule has 1 aromatic carbocycles. The predicted octanol–water partition coefficient (Wildman–Crippen LogP) is 3.10. The second-order valence-corrected chi connectivity index (χ2v) is 9.83. The molecule has 7 nitrogen and oxygen atoms in total. The highest BCUT2D eigenvalue weighted by atomic mass is 32.2. The van der Waals surface area contributed by atoms with E-state index in [1.165, 1.54) is 18.4 Å². The summed E-state index contributed by atoms with van der Waals surface area (Å²) in [5, 5.41) is 2.88. The maximum absolute atomic E-state index is 13.6. The van der Waals surface area contributed by atoms with Gasteiger partial charge >= 0.3 is 5.97 Å². The van der Waals surface area contributed by atoms with Crippen molar-refractivity contribution in [2.24, 2.45) is 0 Å². The number of fused-ring (bicyclic) bond motifs is 1. The van der Waals surface area contributed by atoms with Gasteiger partial charge in [-0.3, -0.25) is 9.10 Å². The quantitative estimate of drug-likeness (QED) is 0.672. The molecular formula is C19H20F2N2O5S2. The van der Waals surface area contributed by atoms with E-state index >= 15 is 0 Å². The molecule has 0 saturated heterocycles. The molecule has 0 radical (unpaired) electrons. The minimum atomic E-state index is -3.97. The van der Waals surface area contributed by atoms with Gasteiger partial charge in [0.2, 0.25) is 15.9 Å². The van der Waals surface area contributed by atoms with Crippen molar-refractivity contribution in [2.75, 3.05) is 29.5 Å². The molecule has 162 valence electrons. The molecule has 3 rings (SSSR count). The molecule has 11 heteroatoms. The minimum Gasteiger partial charge on any atom is -0.465 e. The van der Waals surface area contributed by atoms with Gasteiger partial charge in [-0.15, -0.1) is 11.3 Å². The molecule has 0 spiro atoms. The summed E-state index contributed by atoms with van der Waals surface area (Å²) in [6.07, 6.45) is 4.21. The number of methoxy groups -OCH3 is 1. The van der Waals surface area contributed by atoms with Crippen molar-refractivity contribution >= 4 is 43.9 Å². The molecule has 1 N–H and O–H groups in total. The number of esters is 1. The highest BCUT2D eigenvalue weighted by Crippen LogP contribution is 2.38. The molecule has 1 aliphatic rings. The maximum Gasteiger partial charge on any atom is 0.341 e. The van der Waals surface area contributed by atoms with Crippen molar-refractivity contribution in [3.63, 3.8) is 0 Å². The lowest BCUT2D eigenvalue weighted by molar-refractivity contribution is -0.114. The molecular weight excluding hydrogens is 438 g/mol. The van der Waals surface area contributed by atoms with E-state index < -0.39 is 40.1 Å². The van der Waals surface area contributed by atoms with E-state index in [4.69, 9.17) is 4.74 Å². The number of rotatable bonds is 6. The maximum atomic E-state index is 13.6. The van der Waals surface area contributed by atoms with Crippen LogP contribution >= 0.6 is 11.3 Å². The van der Waals surface area contributed by atoms with Gasteiger partial charge in [0, 0.05) is 10.9 Å². The Morgan fingerprint density at radius 3 is 2.53 bits per heavy atom. The highest BCUT2D eigenvalue weighted by molar-refractivity contribution is 7.92. The fourth-order valence-electron chi connectivity index (χ4n) is 3.31. The Morgan fingerprint density at radius 2 is 1.90 bits per heavy atom. The second-order valence-electron chi connectivity index (χ2n) is 6.82. The van der Waals surface area contributed by atoms with Crippen molar-refractivity contribution in [2.45, 2.75) is 25.7 Å². The van der Waals surface area contributed by atoms with E-state index in [1.807, 2.05) is 0 Å². The molecule has 1 heterocycles. The lowest BCUT2D eigenvalue weighted by atomic mass is 9.95. The van der Waals surface area contributed by atoms with Crippen LogP contribution in [0, 0.1) is 11.6 Å². The number of nitrogens with zero attached hydrogens (tertiary/aromatic N) is 1. The fourth-order valence-corrected chi connectivity index (χ4v) is 5.45. The average molecular weight is 459 g/mol. The van der Waals surface area contributed by atoms with E-state index in [1.54, 1.807) is 0 Å². The number of benzene rings is 1. The molecule has 0 atom stereocenters. The normalized spacial score (nSPS) is 13.5. The number of carbonyl (C=O) groups excluding carboxylic acids is 2. The SMILES string of the molecule is COC(=O)c1c(NC(=O)CN(c2ccc(F)c(F)c2)S(C)(=O)=O)sc2c1CCCC2. The third kappa shape index (κ3) is 4.62. The minimum absolute atomic E-state index is 0.190. The Labute approximate surface area is 176 Å². The van der Waals surface area contributed by atoms with Crippen LogP contribution in [-0.2, 0) is 32.4 Å². The van der Waals surface area contributed by atoms with Crippen LogP contribution in [0.3, 0.4) is 0 Å². The lowest BCUT2D eigenvalue weighted by Gasteiger charge is -2.22.